The first-order chi connectivity index (χ1) is 16.7. The smallest absolute Gasteiger partial charge is 0.256 e. The van der Waals surface area contributed by atoms with E-state index < -0.39 is 53.9 Å². The fourth-order valence-electron chi connectivity index (χ4n) is 4.74. The highest BCUT2D eigenvalue weighted by Gasteiger charge is 2.51. The largest absolute Gasteiger partial charge is 0.392 e. The van der Waals surface area contributed by atoms with Crippen LogP contribution in [0.4, 0.5) is 0 Å². The Kier molecular flexibility index (Phi) is 10.9. The molecule has 2 saturated heterocycles. The molecule has 2 aliphatic rings. The van der Waals surface area contributed by atoms with Gasteiger partial charge in [-0.25, -0.2) is 0 Å². The van der Waals surface area contributed by atoms with Gasteiger partial charge in [0.1, 0.15) is 6.10 Å². The maximum atomic E-state index is 13.1. The van der Waals surface area contributed by atoms with Crippen LogP contribution in [0.25, 0.3) is 0 Å². The third-order valence-electron chi connectivity index (χ3n) is 7.68. The summed E-state index contributed by atoms with van der Waals surface area (Å²) in [7, 11) is 2.78. The van der Waals surface area contributed by atoms with E-state index in [-0.39, 0.29) is 44.0 Å². The van der Waals surface area contributed by atoms with E-state index in [1.165, 1.54) is 14.2 Å². The van der Waals surface area contributed by atoms with Crippen molar-refractivity contribution in [1.82, 2.24) is 5.32 Å². The van der Waals surface area contributed by atoms with Crippen LogP contribution < -0.4 is 5.32 Å². The Morgan fingerprint density at radius 3 is 2.42 bits per heavy atom. The van der Waals surface area contributed by atoms with Gasteiger partial charge in [-0.05, 0) is 20.8 Å². The zero-order valence-corrected chi connectivity index (χ0v) is 23.0. The summed E-state index contributed by atoms with van der Waals surface area (Å²) in [6, 6.07) is 0. The van der Waals surface area contributed by atoms with Crippen molar-refractivity contribution < 1.29 is 43.8 Å². The van der Waals surface area contributed by atoms with E-state index >= 15 is 0 Å². The Balaban J connectivity index is 2.12. The van der Waals surface area contributed by atoms with Crippen LogP contribution in [0, 0.1) is 11.3 Å². The number of rotatable bonds is 11. The minimum atomic E-state index is -1.66. The lowest BCUT2D eigenvalue weighted by atomic mass is 9.74. The molecule has 0 aromatic carbocycles. The van der Waals surface area contributed by atoms with Gasteiger partial charge in [-0.1, -0.05) is 32.9 Å². The van der Waals surface area contributed by atoms with Crippen molar-refractivity contribution in [2.75, 3.05) is 20.8 Å². The van der Waals surface area contributed by atoms with E-state index in [1.807, 2.05) is 41.5 Å². The van der Waals surface area contributed by atoms with Crippen LogP contribution in [0.2, 0.25) is 0 Å². The van der Waals surface area contributed by atoms with Crippen LogP contribution in [0.5, 0.6) is 0 Å². The summed E-state index contributed by atoms with van der Waals surface area (Å²) < 4.78 is 28.7. The van der Waals surface area contributed by atoms with Crippen LogP contribution in [0.1, 0.15) is 60.8 Å². The molecule has 0 aromatic rings. The molecule has 2 fully saturated rings. The Bertz CT molecular complexity index is 745. The summed E-state index contributed by atoms with van der Waals surface area (Å²) in [4.78, 5) is 13.1. The van der Waals surface area contributed by atoms with Crippen LogP contribution >= 0.6 is 0 Å². The number of hydrogen-bond donors (Lipinski definition) is 4. The van der Waals surface area contributed by atoms with Crippen LogP contribution in [0.15, 0.2) is 12.2 Å². The van der Waals surface area contributed by atoms with E-state index in [2.05, 4.69) is 11.9 Å². The molecule has 0 saturated carbocycles. The topological polar surface area (TPSA) is 136 Å². The predicted molar refractivity (Wildman–Crippen MR) is 133 cm³/mol. The summed E-state index contributed by atoms with van der Waals surface area (Å²) in [5.74, 6) is -2.29. The summed E-state index contributed by atoms with van der Waals surface area (Å²) in [5, 5.41) is 35.0. The summed E-state index contributed by atoms with van der Waals surface area (Å²) in [5.41, 5.74) is 0.162. The molecule has 2 rings (SSSR count). The van der Waals surface area contributed by atoms with Gasteiger partial charge in [0.25, 0.3) is 5.91 Å². The molecule has 2 heterocycles. The first kappa shape index (κ1) is 31.1. The number of methoxy groups -OCH3 is 2. The van der Waals surface area contributed by atoms with Gasteiger partial charge >= 0.3 is 0 Å². The molecule has 0 radical (unpaired) electrons. The number of aliphatic hydroxyl groups is 3. The van der Waals surface area contributed by atoms with Gasteiger partial charge in [0.15, 0.2) is 12.3 Å². The van der Waals surface area contributed by atoms with E-state index in [4.69, 9.17) is 23.7 Å². The number of nitrogens with one attached hydrogen (secondary N) is 1. The quantitative estimate of drug-likeness (QED) is 0.237. The molecule has 0 spiro atoms. The SMILES string of the molecule is C=C1C[C@](OC)([C@H](O)C(=O)N[C@@H](OC)[C@@H]2C[C@@H](O)C(C)(C)[C@@H](C[C@H](O)COC(C)C)O2)O[C@H](C)[C@@H]1C. The minimum Gasteiger partial charge on any atom is -0.392 e. The van der Waals surface area contributed by atoms with E-state index in [9.17, 15) is 20.1 Å². The lowest BCUT2D eigenvalue weighted by Crippen LogP contribution is -2.62. The molecule has 0 aromatic heterocycles. The second-order valence-corrected chi connectivity index (χ2v) is 11.0. The van der Waals surface area contributed by atoms with Crippen molar-refractivity contribution >= 4 is 5.91 Å². The monoisotopic (exact) mass is 517 g/mol. The number of ether oxygens (including phenoxy) is 5. The van der Waals surface area contributed by atoms with Gasteiger partial charge in [0.05, 0.1) is 37.1 Å². The Morgan fingerprint density at radius 2 is 1.89 bits per heavy atom. The summed E-state index contributed by atoms with van der Waals surface area (Å²) >= 11 is 0. The number of carbonyl (C=O) groups is 1. The van der Waals surface area contributed by atoms with Gasteiger partial charge in [-0.3, -0.25) is 4.79 Å². The normalized spacial score (nSPS) is 35.3. The molecular formula is C26H47NO9. The van der Waals surface area contributed by atoms with E-state index in [0.29, 0.717) is 0 Å². The lowest BCUT2D eigenvalue weighted by molar-refractivity contribution is -0.298. The fourth-order valence-corrected chi connectivity index (χ4v) is 4.74. The third-order valence-corrected chi connectivity index (χ3v) is 7.68. The molecule has 2 aliphatic heterocycles. The number of aliphatic hydroxyl groups excluding tert-OH is 3. The average molecular weight is 518 g/mol. The molecule has 36 heavy (non-hydrogen) atoms. The molecule has 4 N–H and O–H groups in total. The number of amides is 1. The second kappa shape index (κ2) is 12.6. The van der Waals surface area contributed by atoms with Crippen molar-refractivity contribution in [3.8, 4) is 0 Å². The third kappa shape index (κ3) is 7.05. The van der Waals surface area contributed by atoms with Crippen LogP contribution in [-0.2, 0) is 28.5 Å². The van der Waals surface area contributed by atoms with Crippen molar-refractivity contribution in [3.63, 3.8) is 0 Å². The molecule has 0 unspecified atom stereocenters. The van der Waals surface area contributed by atoms with Crippen molar-refractivity contribution in [1.29, 1.82) is 0 Å². The van der Waals surface area contributed by atoms with Gasteiger partial charge in [0.2, 0.25) is 5.79 Å². The lowest BCUT2D eigenvalue weighted by Gasteiger charge is -2.48. The molecule has 10 heteroatoms. The van der Waals surface area contributed by atoms with Gasteiger partial charge in [-0.2, -0.15) is 0 Å². The molecular weight excluding hydrogens is 470 g/mol. The van der Waals surface area contributed by atoms with E-state index in [0.717, 1.165) is 5.57 Å². The first-order valence-electron chi connectivity index (χ1n) is 12.7. The van der Waals surface area contributed by atoms with Gasteiger partial charge < -0.3 is 44.3 Å². The number of hydrogen-bond acceptors (Lipinski definition) is 9. The highest BCUT2D eigenvalue weighted by Crippen LogP contribution is 2.40. The first-order valence-corrected chi connectivity index (χ1v) is 12.7. The minimum absolute atomic E-state index is 0.0234. The zero-order valence-electron chi connectivity index (χ0n) is 23.0. The standard InChI is InChI=1S/C26H47NO9/c1-14(2)34-13-18(28)10-21-25(6,7)20(29)11-19(35-21)24(32-8)27-23(31)22(30)26(33-9)12-15(3)16(4)17(5)36-26/h14,16-22,24,28-30H,3,10-13H2,1-2,4-9H3,(H,27,31)/t16-,17-,18+,19+,20-,21-,22-,24+,26-/m1/s1. The summed E-state index contributed by atoms with van der Waals surface area (Å²) in [6.07, 6.45) is -5.21. The van der Waals surface area contributed by atoms with Crippen molar-refractivity contribution in [3.05, 3.63) is 12.2 Å². The maximum absolute atomic E-state index is 13.1. The molecule has 1 amide bonds. The number of carbonyl (C=O) groups excluding carboxylic acids is 1. The molecule has 0 aliphatic carbocycles. The Hall–Kier alpha value is -1.11. The maximum Gasteiger partial charge on any atom is 0.256 e. The highest BCUT2D eigenvalue weighted by atomic mass is 16.7. The molecule has 9 atom stereocenters. The van der Waals surface area contributed by atoms with Crippen LogP contribution in [-0.4, -0.2) is 96.8 Å². The zero-order chi connectivity index (χ0) is 27.4. The van der Waals surface area contributed by atoms with E-state index in [1.54, 1.807) is 0 Å². The average Bonchev–Trinajstić information content (AvgIpc) is 2.81. The summed E-state index contributed by atoms with van der Waals surface area (Å²) in [6.45, 7) is 15.5. The fraction of sp³-hybridized carbons (Fsp3) is 0.885. The van der Waals surface area contributed by atoms with Gasteiger partial charge in [0, 0.05) is 44.8 Å². The Morgan fingerprint density at radius 1 is 1.25 bits per heavy atom. The molecule has 10 nitrogen and oxygen atoms in total. The van der Waals surface area contributed by atoms with Crippen molar-refractivity contribution in [2.45, 2.75) is 116 Å². The highest BCUT2D eigenvalue weighted by molar-refractivity contribution is 5.82. The molecule has 210 valence electrons. The molecule has 0 bridgehead atoms. The van der Waals surface area contributed by atoms with Gasteiger partial charge in [-0.15, -0.1) is 0 Å². The van der Waals surface area contributed by atoms with Crippen molar-refractivity contribution in [2.24, 2.45) is 11.3 Å². The predicted octanol–water partition coefficient (Wildman–Crippen LogP) is 1.50. The second-order valence-electron chi connectivity index (χ2n) is 11.0. The Labute approximate surface area is 215 Å². The van der Waals surface area contributed by atoms with Crippen LogP contribution in [0.3, 0.4) is 0 Å².